The molecule has 0 aromatic carbocycles. The molecule has 0 radical (unpaired) electrons. The second-order valence-corrected chi connectivity index (χ2v) is 11.8. The molecule has 2 aromatic rings. The summed E-state index contributed by atoms with van der Waals surface area (Å²) in [6, 6.07) is 0. The smallest absolute Gasteiger partial charge is 0.356 e. The first-order valence-corrected chi connectivity index (χ1v) is 15.5. The summed E-state index contributed by atoms with van der Waals surface area (Å²) >= 11 is 0. The molecule has 0 aliphatic rings. The summed E-state index contributed by atoms with van der Waals surface area (Å²) in [6.07, 6.45) is 2.21. The minimum Gasteiger partial charge on any atom is -0.366 e. The van der Waals surface area contributed by atoms with E-state index in [-0.39, 0.29) is 51.3 Å². The van der Waals surface area contributed by atoms with Crippen LogP contribution in [-0.4, -0.2) is 77.4 Å². The van der Waals surface area contributed by atoms with Crippen molar-refractivity contribution in [2.45, 2.75) is 60.3 Å². The van der Waals surface area contributed by atoms with Crippen LogP contribution in [0, 0.1) is 0 Å². The number of nitrogens with one attached hydrogen (secondary N) is 1. The normalized spacial score (nSPS) is 14.3. The molecule has 13 nitrogen and oxygen atoms in total. The van der Waals surface area contributed by atoms with Crippen molar-refractivity contribution in [3.05, 3.63) is 12.7 Å². The molecule has 0 amide bonds. The van der Waals surface area contributed by atoms with Crippen molar-refractivity contribution in [3.63, 3.8) is 0 Å². The van der Waals surface area contributed by atoms with Crippen molar-refractivity contribution in [2.24, 2.45) is 0 Å². The summed E-state index contributed by atoms with van der Waals surface area (Å²) in [7, 11) is -6.57. The maximum Gasteiger partial charge on any atom is 0.356 e. The summed E-state index contributed by atoms with van der Waals surface area (Å²) < 4.78 is 59.5. The number of hydrogen-bond acceptors (Lipinski definition) is 12. The fourth-order valence-electron chi connectivity index (χ4n) is 3.22. The van der Waals surface area contributed by atoms with Crippen LogP contribution in [0.1, 0.15) is 41.5 Å². The maximum atomic E-state index is 12.6. The summed E-state index contributed by atoms with van der Waals surface area (Å²) in [5, 5.41) is 3.20. The van der Waals surface area contributed by atoms with E-state index in [2.05, 4.69) is 20.3 Å². The lowest BCUT2D eigenvalue weighted by Gasteiger charge is -2.20. The minimum absolute atomic E-state index is 0.136. The van der Waals surface area contributed by atoms with Gasteiger partial charge in [0.05, 0.1) is 51.5 Å². The van der Waals surface area contributed by atoms with Gasteiger partial charge < -0.3 is 37.5 Å². The quantitative estimate of drug-likeness (QED) is 0.245. The van der Waals surface area contributed by atoms with E-state index in [4.69, 9.17) is 27.6 Å². The van der Waals surface area contributed by atoms with Gasteiger partial charge in [-0.3, -0.25) is 9.13 Å². The van der Waals surface area contributed by atoms with Gasteiger partial charge in [0.1, 0.15) is 24.5 Å². The molecule has 36 heavy (non-hydrogen) atoms. The van der Waals surface area contributed by atoms with Crippen LogP contribution in [0.5, 0.6) is 0 Å². The first kappa shape index (κ1) is 30.8. The molecule has 0 saturated carbocycles. The molecule has 0 unspecified atom stereocenters. The number of fused-ring (bicyclic) bond motifs is 1. The van der Waals surface area contributed by atoms with E-state index >= 15 is 0 Å². The Morgan fingerprint density at radius 3 is 1.89 bits per heavy atom. The molecule has 2 heterocycles. The van der Waals surface area contributed by atoms with Crippen molar-refractivity contribution in [1.29, 1.82) is 0 Å². The van der Waals surface area contributed by atoms with Crippen LogP contribution < -0.4 is 5.32 Å². The number of aromatic nitrogens is 4. The molecule has 0 fully saturated rings. The van der Waals surface area contributed by atoms with Gasteiger partial charge in [0.2, 0.25) is 0 Å². The number of hydrogen-bond donors (Lipinski definition) is 1. The SMILES string of the molecule is CCOP(=O)(CO[C@H](C)CNc1ncnc2c1ncn2C[C@@H](C)OCP(=O)(OCC)OCC)OCC. The van der Waals surface area contributed by atoms with E-state index in [1.54, 1.807) is 34.0 Å². The fourth-order valence-corrected chi connectivity index (χ4v) is 6.11. The van der Waals surface area contributed by atoms with Gasteiger partial charge in [-0.25, -0.2) is 15.0 Å². The van der Waals surface area contributed by atoms with E-state index in [1.165, 1.54) is 6.33 Å². The van der Waals surface area contributed by atoms with Gasteiger partial charge in [-0.2, -0.15) is 0 Å². The minimum atomic E-state index is -3.29. The van der Waals surface area contributed by atoms with Crippen LogP contribution >= 0.6 is 15.2 Å². The fraction of sp³-hybridized carbons (Fsp3) is 0.762. The number of rotatable bonds is 19. The van der Waals surface area contributed by atoms with Crippen molar-refractivity contribution < 1.29 is 36.7 Å². The van der Waals surface area contributed by atoms with E-state index < -0.39 is 15.2 Å². The highest BCUT2D eigenvalue weighted by molar-refractivity contribution is 7.53. The van der Waals surface area contributed by atoms with Crippen molar-refractivity contribution >= 4 is 32.2 Å². The average Bonchev–Trinajstić information content (AvgIpc) is 3.24. The molecular weight excluding hydrogens is 512 g/mol. The Hall–Kier alpha value is -1.43. The Bertz CT molecular complexity index is 1000. The van der Waals surface area contributed by atoms with E-state index in [9.17, 15) is 9.13 Å². The third kappa shape index (κ3) is 9.46. The van der Waals surface area contributed by atoms with E-state index in [1.807, 2.05) is 18.4 Å². The first-order chi connectivity index (χ1) is 17.2. The molecule has 0 bridgehead atoms. The van der Waals surface area contributed by atoms with Gasteiger partial charge in [-0.15, -0.1) is 0 Å². The number of anilines is 1. The van der Waals surface area contributed by atoms with Gasteiger partial charge >= 0.3 is 15.2 Å². The predicted octanol–water partition coefficient (Wildman–Crippen LogP) is 4.50. The Kier molecular flexibility index (Phi) is 12.9. The number of nitrogens with zero attached hydrogens (tertiary/aromatic N) is 4. The number of imidazole rings is 1. The van der Waals surface area contributed by atoms with Crippen molar-refractivity contribution in [3.8, 4) is 0 Å². The maximum absolute atomic E-state index is 12.6. The summed E-state index contributed by atoms with van der Waals surface area (Å²) in [5.41, 5.74) is 1.20. The molecule has 1 N–H and O–H groups in total. The third-order valence-corrected chi connectivity index (χ3v) is 8.29. The largest absolute Gasteiger partial charge is 0.366 e. The van der Waals surface area contributed by atoms with Gasteiger partial charge in [-0.1, -0.05) is 0 Å². The zero-order valence-electron chi connectivity index (χ0n) is 21.9. The van der Waals surface area contributed by atoms with Gasteiger partial charge in [0.15, 0.2) is 11.5 Å². The molecular formula is C21H39N5O8P2. The zero-order chi connectivity index (χ0) is 26.6. The van der Waals surface area contributed by atoms with Crippen molar-refractivity contribution in [2.75, 3.05) is 51.0 Å². The van der Waals surface area contributed by atoms with Gasteiger partial charge in [0, 0.05) is 6.54 Å². The highest BCUT2D eigenvalue weighted by Crippen LogP contribution is 2.48. The topological polar surface area (TPSA) is 145 Å². The Morgan fingerprint density at radius 2 is 1.36 bits per heavy atom. The van der Waals surface area contributed by atoms with Gasteiger partial charge in [0.25, 0.3) is 0 Å². The lowest BCUT2D eigenvalue weighted by atomic mass is 10.4. The van der Waals surface area contributed by atoms with Crippen LogP contribution in [0.3, 0.4) is 0 Å². The van der Waals surface area contributed by atoms with Crippen LogP contribution in [-0.2, 0) is 43.2 Å². The lowest BCUT2D eigenvalue weighted by molar-refractivity contribution is 0.0672. The second-order valence-electron chi connectivity index (χ2n) is 7.78. The summed E-state index contributed by atoms with van der Waals surface area (Å²) in [5.74, 6) is 0.540. The zero-order valence-corrected chi connectivity index (χ0v) is 23.7. The highest BCUT2D eigenvalue weighted by atomic mass is 31.2. The molecule has 0 spiro atoms. The van der Waals surface area contributed by atoms with Crippen molar-refractivity contribution in [1.82, 2.24) is 19.5 Å². The molecule has 15 heteroatoms. The molecule has 2 aromatic heterocycles. The average molecular weight is 552 g/mol. The monoisotopic (exact) mass is 551 g/mol. The molecule has 0 aliphatic heterocycles. The predicted molar refractivity (Wildman–Crippen MR) is 136 cm³/mol. The Balaban J connectivity index is 1.96. The standard InChI is InChI=1S/C21H39N5O8P2/c1-7-31-35(27,32-8-2)15-29-17(5)11-22-20-19-21(24-13-23-20)26(14-25-19)12-18(6)30-16-36(28,33-9-3)34-10-4/h13-14,17-18H,7-12,15-16H2,1-6H3,(H,22,23,24)/t17-,18-/m1/s1. The van der Waals surface area contributed by atoms with Crippen LogP contribution in [0.4, 0.5) is 5.82 Å². The second kappa shape index (κ2) is 15.1. The Morgan fingerprint density at radius 1 is 0.833 bits per heavy atom. The first-order valence-electron chi connectivity index (χ1n) is 12.1. The molecule has 2 rings (SSSR count). The highest BCUT2D eigenvalue weighted by Gasteiger charge is 2.26. The van der Waals surface area contributed by atoms with Crippen LogP contribution in [0.15, 0.2) is 12.7 Å². The van der Waals surface area contributed by atoms with Crippen LogP contribution in [0.2, 0.25) is 0 Å². The molecule has 2 atom stereocenters. The summed E-state index contributed by atoms with van der Waals surface area (Å²) in [6.45, 7) is 12.6. The third-order valence-electron chi connectivity index (χ3n) is 4.75. The number of ether oxygens (including phenoxy) is 2. The molecule has 0 saturated heterocycles. The summed E-state index contributed by atoms with van der Waals surface area (Å²) in [4.78, 5) is 13.1. The Labute approximate surface area is 212 Å². The van der Waals surface area contributed by atoms with E-state index in [0.29, 0.717) is 30.1 Å². The van der Waals surface area contributed by atoms with E-state index in [0.717, 1.165) is 0 Å². The molecule has 0 aliphatic carbocycles. The van der Waals surface area contributed by atoms with Crippen LogP contribution in [0.25, 0.3) is 11.2 Å². The van der Waals surface area contributed by atoms with Gasteiger partial charge in [-0.05, 0) is 41.5 Å². The lowest BCUT2D eigenvalue weighted by Crippen LogP contribution is -2.22. The molecule has 206 valence electrons.